The summed E-state index contributed by atoms with van der Waals surface area (Å²) >= 11 is 0. The molecule has 9 nitrogen and oxygen atoms in total. The monoisotopic (exact) mass is 481 g/mol. The molecule has 0 saturated carbocycles. The second kappa shape index (κ2) is 10.7. The number of halogens is 1. The van der Waals surface area contributed by atoms with E-state index in [0.29, 0.717) is 29.9 Å². The summed E-state index contributed by atoms with van der Waals surface area (Å²) in [6.45, 7) is 5.27. The van der Waals surface area contributed by atoms with Gasteiger partial charge >= 0.3 is 0 Å². The Labute approximate surface area is 204 Å². The molecule has 5 rings (SSSR count). The number of benzene rings is 1. The molecule has 0 spiro atoms. The number of anilines is 2. The van der Waals surface area contributed by atoms with Gasteiger partial charge < -0.3 is 32.1 Å². The Kier molecular flexibility index (Phi) is 7.44. The van der Waals surface area contributed by atoms with Crippen LogP contribution < -0.4 is 32.1 Å². The number of ether oxygens (including phenoxy) is 2. The van der Waals surface area contributed by atoms with Gasteiger partial charge in [-0.25, -0.2) is 15.0 Å². The van der Waals surface area contributed by atoms with Crippen LogP contribution in [0.2, 0.25) is 0 Å². The van der Waals surface area contributed by atoms with E-state index in [1.165, 1.54) is 25.7 Å². The number of rotatable bonds is 8. The largest absolute Gasteiger partial charge is 1.00 e. The molecule has 1 aromatic carbocycles. The molecule has 0 amide bonds. The first-order valence-corrected chi connectivity index (χ1v) is 11.3. The summed E-state index contributed by atoms with van der Waals surface area (Å²) in [4.78, 5) is 14.7. The van der Waals surface area contributed by atoms with Crippen LogP contribution >= 0.6 is 0 Å². The summed E-state index contributed by atoms with van der Waals surface area (Å²) in [6.07, 6.45) is 7.72. The Hall–Kier alpha value is -3.43. The van der Waals surface area contributed by atoms with Crippen molar-refractivity contribution in [1.82, 2.24) is 24.7 Å². The van der Waals surface area contributed by atoms with Crippen molar-refractivity contribution in [1.29, 1.82) is 0 Å². The number of likely N-dealkylation sites (tertiary alicyclic amines) is 1. The predicted molar refractivity (Wildman–Crippen MR) is 125 cm³/mol. The number of nitrogens with one attached hydrogen (secondary N) is 2. The Balaban J connectivity index is 0.00000274. The molecule has 1 fully saturated rings. The standard InChI is InChI=1S/C24H27N7O2.ClH/c1-17-4-3-10-31(17)12-13-32-19-6-8-23(25-15-19)33-18-5-7-21-20(14-18)24(27-16-26-21)28-22-9-11-30(2)29-22;/h5-9,11,14-17H,3-4,10,12-13H2,1-2H3,(H,26,27,28,29);1H/t17-;/m1./s1. The number of hydrogen-bond donors (Lipinski definition) is 2. The topological polar surface area (TPSA) is 91.4 Å². The third-order valence-corrected chi connectivity index (χ3v) is 6.02. The molecule has 3 aromatic heterocycles. The van der Waals surface area contributed by atoms with Gasteiger partial charge in [-0.1, -0.05) is 0 Å². The van der Waals surface area contributed by atoms with Gasteiger partial charge in [0.1, 0.15) is 36.8 Å². The van der Waals surface area contributed by atoms with Crippen molar-refractivity contribution < 1.29 is 26.8 Å². The maximum Gasteiger partial charge on any atom is 0.219 e. The number of quaternary nitrogens is 1. The molecule has 0 radical (unpaired) electrons. The molecule has 4 heterocycles. The van der Waals surface area contributed by atoms with Crippen molar-refractivity contribution in [3.63, 3.8) is 0 Å². The molecule has 0 bridgehead atoms. The summed E-state index contributed by atoms with van der Waals surface area (Å²) in [5.74, 6) is 3.27. The maximum atomic E-state index is 5.98. The Bertz CT molecular complexity index is 1230. The molecule has 0 aliphatic carbocycles. The molecule has 34 heavy (non-hydrogen) atoms. The summed E-state index contributed by atoms with van der Waals surface area (Å²) in [7, 11) is 1.87. The average molecular weight is 482 g/mol. The number of fused-ring (bicyclic) bond motifs is 1. The normalized spacial score (nSPS) is 17.4. The molecule has 1 unspecified atom stereocenters. The van der Waals surface area contributed by atoms with E-state index < -0.39 is 0 Å². The van der Waals surface area contributed by atoms with Crippen LogP contribution in [-0.2, 0) is 7.05 Å². The van der Waals surface area contributed by atoms with E-state index in [1.54, 1.807) is 15.8 Å². The number of aryl methyl sites for hydroxylation is 1. The lowest BCUT2D eigenvalue weighted by Gasteiger charge is -2.18. The van der Waals surface area contributed by atoms with E-state index in [2.05, 4.69) is 32.3 Å². The number of aromatic nitrogens is 5. The zero-order valence-corrected chi connectivity index (χ0v) is 20.0. The van der Waals surface area contributed by atoms with Gasteiger partial charge in [-0.05, 0) is 31.2 Å². The highest BCUT2D eigenvalue weighted by molar-refractivity contribution is 5.91. The van der Waals surface area contributed by atoms with Crippen LogP contribution in [0.4, 0.5) is 11.6 Å². The zero-order chi connectivity index (χ0) is 22.6. The Morgan fingerprint density at radius 1 is 1.12 bits per heavy atom. The molecule has 10 heteroatoms. The predicted octanol–water partition coefficient (Wildman–Crippen LogP) is -0.256. The van der Waals surface area contributed by atoms with Crippen LogP contribution in [0.5, 0.6) is 17.4 Å². The van der Waals surface area contributed by atoms with Gasteiger partial charge in [0, 0.05) is 43.6 Å². The van der Waals surface area contributed by atoms with Crippen molar-refractivity contribution in [3.05, 3.63) is 55.1 Å². The molecule has 1 aliphatic heterocycles. The van der Waals surface area contributed by atoms with Crippen LogP contribution in [0.1, 0.15) is 19.8 Å². The van der Waals surface area contributed by atoms with Crippen molar-refractivity contribution in [3.8, 4) is 17.4 Å². The zero-order valence-electron chi connectivity index (χ0n) is 19.2. The summed E-state index contributed by atoms with van der Waals surface area (Å²) < 4.78 is 13.6. The Morgan fingerprint density at radius 3 is 2.74 bits per heavy atom. The van der Waals surface area contributed by atoms with Gasteiger partial charge in [-0.3, -0.25) is 4.68 Å². The lowest BCUT2D eigenvalue weighted by molar-refractivity contribution is -0.910. The highest BCUT2D eigenvalue weighted by Crippen LogP contribution is 2.28. The first-order chi connectivity index (χ1) is 16.1. The van der Waals surface area contributed by atoms with Crippen LogP contribution in [0.25, 0.3) is 10.9 Å². The third kappa shape index (κ3) is 5.55. The van der Waals surface area contributed by atoms with Gasteiger partial charge in [0.05, 0.1) is 24.3 Å². The van der Waals surface area contributed by atoms with E-state index in [-0.39, 0.29) is 12.4 Å². The summed E-state index contributed by atoms with van der Waals surface area (Å²) in [5, 5.41) is 8.42. The van der Waals surface area contributed by atoms with Crippen LogP contribution in [0, 0.1) is 0 Å². The van der Waals surface area contributed by atoms with Crippen molar-refractivity contribution in [2.24, 2.45) is 7.05 Å². The van der Waals surface area contributed by atoms with E-state index in [4.69, 9.17) is 9.47 Å². The Morgan fingerprint density at radius 2 is 2.00 bits per heavy atom. The van der Waals surface area contributed by atoms with E-state index >= 15 is 0 Å². The highest BCUT2D eigenvalue weighted by atomic mass is 35.5. The van der Waals surface area contributed by atoms with E-state index in [1.807, 2.05) is 49.6 Å². The number of pyridine rings is 1. The molecule has 178 valence electrons. The quantitative estimate of drug-likeness (QED) is 0.358. The lowest BCUT2D eigenvalue weighted by Crippen LogP contribution is -3.13. The highest BCUT2D eigenvalue weighted by Gasteiger charge is 2.23. The first-order valence-electron chi connectivity index (χ1n) is 11.3. The van der Waals surface area contributed by atoms with Crippen LogP contribution in [-0.4, -0.2) is 50.5 Å². The van der Waals surface area contributed by atoms with Gasteiger partial charge in [0.2, 0.25) is 5.88 Å². The minimum Gasteiger partial charge on any atom is -1.00 e. The summed E-state index contributed by atoms with van der Waals surface area (Å²) in [5.41, 5.74) is 0.807. The third-order valence-electron chi connectivity index (χ3n) is 6.02. The van der Waals surface area contributed by atoms with Crippen LogP contribution in [0.3, 0.4) is 0 Å². The van der Waals surface area contributed by atoms with Gasteiger partial charge in [-0.2, -0.15) is 5.10 Å². The number of hydrogen-bond acceptors (Lipinski definition) is 7. The van der Waals surface area contributed by atoms with Crippen LogP contribution in [0.15, 0.2) is 55.1 Å². The average Bonchev–Trinajstić information content (AvgIpc) is 3.43. The van der Waals surface area contributed by atoms with Crippen molar-refractivity contribution in [2.75, 3.05) is 25.0 Å². The van der Waals surface area contributed by atoms with E-state index in [9.17, 15) is 0 Å². The molecule has 4 aromatic rings. The van der Waals surface area contributed by atoms with E-state index in [0.717, 1.165) is 29.2 Å². The number of nitrogens with zero attached hydrogens (tertiary/aromatic N) is 5. The molecular formula is C24H28ClN7O2. The molecule has 1 aliphatic rings. The first kappa shape index (κ1) is 23.7. The minimum absolute atomic E-state index is 0. The van der Waals surface area contributed by atoms with Gasteiger partial charge in [-0.15, -0.1) is 0 Å². The second-order valence-corrected chi connectivity index (χ2v) is 8.39. The summed E-state index contributed by atoms with van der Waals surface area (Å²) in [6, 6.07) is 12.0. The molecule has 1 saturated heterocycles. The lowest BCUT2D eigenvalue weighted by atomic mass is 10.2. The molecule has 2 N–H and O–H groups in total. The fourth-order valence-corrected chi connectivity index (χ4v) is 4.19. The fraction of sp³-hybridized carbons (Fsp3) is 0.333. The fourth-order valence-electron chi connectivity index (χ4n) is 4.19. The maximum absolute atomic E-state index is 5.98. The van der Waals surface area contributed by atoms with Gasteiger partial charge in [0.25, 0.3) is 0 Å². The van der Waals surface area contributed by atoms with Crippen molar-refractivity contribution >= 4 is 22.5 Å². The van der Waals surface area contributed by atoms with Gasteiger partial charge in [0.15, 0.2) is 5.82 Å². The smallest absolute Gasteiger partial charge is 0.219 e. The SMILES string of the molecule is C[C@@H]1CCC[NH+]1CCOc1ccc(Oc2ccc3ncnc(Nc4ccn(C)n4)c3c2)nc1.[Cl-]. The van der Waals surface area contributed by atoms with Crippen molar-refractivity contribution in [2.45, 2.75) is 25.8 Å². The molecular weight excluding hydrogens is 454 g/mol. The molecule has 2 atom stereocenters. The second-order valence-electron chi connectivity index (χ2n) is 8.39. The minimum atomic E-state index is 0.